The zero-order valence-electron chi connectivity index (χ0n) is 13.3. The van der Waals surface area contributed by atoms with Gasteiger partial charge in [-0.25, -0.2) is 13.1 Å². The predicted molar refractivity (Wildman–Crippen MR) is 85.2 cm³/mol. The minimum absolute atomic E-state index is 0.128. The number of sulfone groups is 1. The molecule has 0 amide bonds. The van der Waals surface area contributed by atoms with E-state index < -0.39 is 9.84 Å². The summed E-state index contributed by atoms with van der Waals surface area (Å²) in [6.45, 7) is 5.85. The number of aromatic nitrogens is 2. The summed E-state index contributed by atoms with van der Waals surface area (Å²) in [5.74, 6) is 0.611. The van der Waals surface area contributed by atoms with E-state index in [4.69, 9.17) is 5.73 Å². The number of nitrogens with zero attached hydrogens (tertiary/aromatic N) is 2. The normalized spacial score (nSPS) is 17.9. The number of rotatable bonds is 3. The molecule has 1 aliphatic carbocycles. The zero-order valence-corrected chi connectivity index (χ0v) is 14.1. The highest BCUT2D eigenvalue weighted by Crippen LogP contribution is 2.33. The van der Waals surface area contributed by atoms with Crippen LogP contribution in [0.1, 0.15) is 52.9 Å². The van der Waals surface area contributed by atoms with E-state index in [-0.39, 0.29) is 22.3 Å². The van der Waals surface area contributed by atoms with Crippen molar-refractivity contribution in [3.8, 4) is 0 Å². The number of nitrogens with one attached hydrogen (secondary N) is 1. The van der Waals surface area contributed by atoms with Gasteiger partial charge in [0.2, 0.25) is 0 Å². The molecular weight excluding hydrogens is 288 g/mol. The lowest BCUT2D eigenvalue weighted by Gasteiger charge is -2.23. The Hall–Kier alpha value is -1.24. The number of hydrogen-bond acceptors (Lipinski definition) is 5. The quantitative estimate of drug-likeness (QED) is 0.894. The molecule has 1 aromatic heterocycles. The van der Waals surface area contributed by atoms with Crippen molar-refractivity contribution in [2.24, 2.45) is 0 Å². The van der Waals surface area contributed by atoms with Crippen molar-refractivity contribution in [1.29, 1.82) is 0 Å². The zero-order chi connectivity index (χ0) is 15.8. The number of nitrogen functional groups attached to an aromatic ring is 1. The lowest BCUT2D eigenvalue weighted by Crippen LogP contribution is -2.26. The van der Waals surface area contributed by atoms with Crippen molar-refractivity contribution in [3.63, 3.8) is 0 Å². The van der Waals surface area contributed by atoms with Gasteiger partial charge in [-0.2, -0.15) is 5.10 Å². The van der Waals surface area contributed by atoms with Gasteiger partial charge in [0.25, 0.3) is 0 Å². The lowest BCUT2D eigenvalue weighted by atomic mass is 9.95. The van der Waals surface area contributed by atoms with Crippen LogP contribution in [0.3, 0.4) is 0 Å². The van der Waals surface area contributed by atoms with Crippen LogP contribution < -0.4 is 11.1 Å². The topological polar surface area (TPSA) is 90.0 Å². The maximum atomic E-state index is 12.1. The molecule has 21 heavy (non-hydrogen) atoms. The molecule has 120 valence electrons. The first-order chi connectivity index (χ1) is 9.60. The first kappa shape index (κ1) is 16.1. The van der Waals surface area contributed by atoms with E-state index in [0.29, 0.717) is 5.82 Å². The van der Waals surface area contributed by atoms with Gasteiger partial charge in [-0.1, -0.05) is 19.3 Å². The van der Waals surface area contributed by atoms with Crippen LogP contribution in [-0.2, 0) is 15.4 Å². The van der Waals surface area contributed by atoms with Crippen molar-refractivity contribution < 1.29 is 8.42 Å². The molecule has 3 N–H and O–H groups in total. The van der Waals surface area contributed by atoms with Crippen molar-refractivity contribution >= 4 is 21.5 Å². The molecule has 2 rings (SSSR count). The van der Waals surface area contributed by atoms with Crippen LogP contribution in [0.25, 0.3) is 0 Å². The Balaban J connectivity index is 2.43. The monoisotopic (exact) mass is 314 g/mol. The molecule has 0 aliphatic heterocycles. The molecule has 0 unspecified atom stereocenters. The third kappa shape index (κ3) is 3.51. The van der Waals surface area contributed by atoms with Gasteiger partial charge in [0.1, 0.15) is 5.82 Å². The Bertz CT molecular complexity index is 608. The van der Waals surface area contributed by atoms with E-state index in [1.165, 1.54) is 25.5 Å². The highest BCUT2D eigenvalue weighted by molar-refractivity contribution is 7.91. The van der Waals surface area contributed by atoms with E-state index >= 15 is 0 Å². The Kier molecular flexibility index (Phi) is 4.24. The second-order valence-corrected chi connectivity index (χ2v) is 8.85. The molecule has 0 aromatic carbocycles. The van der Waals surface area contributed by atoms with E-state index in [1.807, 2.05) is 20.8 Å². The average molecular weight is 314 g/mol. The van der Waals surface area contributed by atoms with E-state index in [9.17, 15) is 8.42 Å². The Morgan fingerprint density at radius 2 is 1.81 bits per heavy atom. The molecule has 1 aliphatic rings. The smallest absolute Gasteiger partial charge is 0.182 e. The SMILES string of the molecule is CC(C)(C)n1nc(NC2CCCCC2)c(S(C)(=O)=O)c1N. The minimum atomic E-state index is -3.43. The van der Waals surface area contributed by atoms with Crippen molar-refractivity contribution in [2.75, 3.05) is 17.3 Å². The molecule has 0 saturated heterocycles. The van der Waals surface area contributed by atoms with Crippen LogP contribution in [0.2, 0.25) is 0 Å². The van der Waals surface area contributed by atoms with Gasteiger partial charge in [0, 0.05) is 12.3 Å². The molecule has 0 atom stereocenters. The summed E-state index contributed by atoms with van der Waals surface area (Å²) in [7, 11) is -3.43. The second-order valence-electron chi connectivity index (χ2n) is 6.90. The Morgan fingerprint density at radius 3 is 2.29 bits per heavy atom. The first-order valence-electron chi connectivity index (χ1n) is 7.46. The molecule has 6 nitrogen and oxygen atoms in total. The summed E-state index contributed by atoms with van der Waals surface area (Å²) in [4.78, 5) is 0.128. The third-order valence-corrected chi connectivity index (χ3v) is 4.97. The fraction of sp³-hybridized carbons (Fsp3) is 0.786. The van der Waals surface area contributed by atoms with Crippen LogP contribution in [0.4, 0.5) is 11.6 Å². The predicted octanol–water partition coefficient (Wildman–Crippen LogP) is 2.37. The van der Waals surface area contributed by atoms with Gasteiger partial charge in [-0.3, -0.25) is 0 Å². The fourth-order valence-electron chi connectivity index (χ4n) is 2.83. The number of hydrogen-bond donors (Lipinski definition) is 2. The molecule has 1 fully saturated rings. The molecular formula is C14H26N4O2S. The maximum absolute atomic E-state index is 12.1. The molecule has 0 spiro atoms. The molecule has 0 radical (unpaired) electrons. The van der Waals surface area contributed by atoms with E-state index in [2.05, 4.69) is 10.4 Å². The van der Waals surface area contributed by atoms with Gasteiger partial charge in [-0.05, 0) is 33.6 Å². The summed E-state index contributed by atoms with van der Waals surface area (Å²) in [5.41, 5.74) is 5.70. The van der Waals surface area contributed by atoms with Gasteiger partial charge in [-0.15, -0.1) is 0 Å². The molecule has 1 heterocycles. The summed E-state index contributed by atoms with van der Waals surface area (Å²) < 4.78 is 25.8. The van der Waals surface area contributed by atoms with Crippen LogP contribution in [0.15, 0.2) is 4.90 Å². The Labute approximate surface area is 127 Å². The van der Waals surface area contributed by atoms with Crippen LogP contribution in [0, 0.1) is 0 Å². The highest BCUT2D eigenvalue weighted by Gasteiger charge is 2.30. The number of nitrogens with two attached hydrogens (primary N) is 1. The van der Waals surface area contributed by atoms with Crippen LogP contribution in [-0.4, -0.2) is 30.5 Å². The van der Waals surface area contributed by atoms with Crippen LogP contribution in [0.5, 0.6) is 0 Å². The van der Waals surface area contributed by atoms with Gasteiger partial charge in [0.15, 0.2) is 20.6 Å². The molecule has 0 bridgehead atoms. The van der Waals surface area contributed by atoms with E-state index in [1.54, 1.807) is 4.68 Å². The van der Waals surface area contributed by atoms with Crippen molar-refractivity contribution in [1.82, 2.24) is 9.78 Å². The summed E-state index contributed by atoms with van der Waals surface area (Å²) in [5, 5.41) is 7.74. The van der Waals surface area contributed by atoms with Crippen molar-refractivity contribution in [2.45, 2.75) is 69.4 Å². The van der Waals surface area contributed by atoms with Gasteiger partial charge < -0.3 is 11.1 Å². The second kappa shape index (κ2) is 5.51. The summed E-state index contributed by atoms with van der Waals surface area (Å²) >= 11 is 0. The molecule has 7 heteroatoms. The maximum Gasteiger partial charge on any atom is 0.182 e. The molecule has 1 saturated carbocycles. The lowest BCUT2D eigenvalue weighted by molar-refractivity contribution is 0.361. The summed E-state index contributed by atoms with van der Waals surface area (Å²) in [6.07, 6.45) is 6.86. The average Bonchev–Trinajstić information content (AvgIpc) is 2.66. The minimum Gasteiger partial charge on any atom is -0.383 e. The summed E-state index contributed by atoms with van der Waals surface area (Å²) in [6, 6.07) is 0.280. The van der Waals surface area contributed by atoms with Crippen molar-refractivity contribution in [3.05, 3.63) is 0 Å². The van der Waals surface area contributed by atoms with Gasteiger partial charge in [0.05, 0.1) is 5.54 Å². The Morgan fingerprint density at radius 1 is 1.24 bits per heavy atom. The fourth-order valence-corrected chi connectivity index (χ4v) is 3.75. The molecule has 1 aromatic rings. The largest absolute Gasteiger partial charge is 0.383 e. The van der Waals surface area contributed by atoms with Gasteiger partial charge >= 0.3 is 0 Å². The highest BCUT2D eigenvalue weighted by atomic mass is 32.2. The number of anilines is 2. The standard InChI is InChI=1S/C14H26N4O2S/c1-14(2,3)18-12(15)11(21(4,19)20)13(17-18)16-10-8-6-5-7-9-10/h10H,5-9,15H2,1-4H3,(H,16,17). The third-order valence-electron chi connectivity index (χ3n) is 3.83. The van der Waals surface area contributed by atoms with E-state index in [0.717, 1.165) is 12.8 Å². The van der Waals surface area contributed by atoms with Crippen LogP contribution >= 0.6 is 0 Å². The first-order valence-corrected chi connectivity index (χ1v) is 9.35.